The number of fused-ring (bicyclic) bond motifs is 1. The smallest absolute Gasteiger partial charge is 0.414 e. The first kappa shape index (κ1) is 15.3. The Morgan fingerprint density at radius 1 is 1.29 bits per heavy atom. The highest BCUT2D eigenvalue weighted by atomic mass is 16.5. The Labute approximate surface area is 122 Å². The van der Waals surface area contributed by atoms with E-state index < -0.39 is 6.09 Å². The third-order valence-corrected chi connectivity index (χ3v) is 2.90. The van der Waals surface area contributed by atoms with Crippen LogP contribution >= 0.6 is 0 Å². The van der Waals surface area contributed by atoms with Crippen LogP contribution in [-0.4, -0.2) is 54.1 Å². The van der Waals surface area contributed by atoms with Crippen molar-refractivity contribution in [2.75, 3.05) is 37.9 Å². The Bertz CT molecular complexity index is 551. The highest BCUT2D eigenvalue weighted by molar-refractivity contribution is 5.87. The van der Waals surface area contributed by atoms with E-state index in [1.54, 1.807) is 0 Å². The highest BCUT2D eigenvalue weighted by Crippen LogP contribution is 2.16. The van der Waals surface area contributed by atoms with Crippen LogP contribution in [0, 0.1) is 0 Å². The van der Waals surface area contributed by atoms with E-state index >= 15 is 0 Å². The topological polar surface area (TPSA) is 87.7 Å². The Hall–Kier alpha value is -2.12. The molecule has 0 aliphatic carbocycles. The number of benzene rings is 1. The number of rotatable bonds is 8. The summed E-state index contributed by atoms with van der Waals surface area (Å²) in [5, 5.41) is 9.28. The fraction of sp³-hybridized carbons (Fsp3) is 0.429. The zero-order chi connectivity index (χ0) is 15.1. The van der Waals surface area contributed by atoms with Crippen LogP contribution in [0.15, 0.2) is 24.3 Å². The van der Waals surface area contributed by atoms with E-state index in [0.717, 1.165) is 15.9 Å². The zero-order valence-electron chi connectivity index (χ0n) is 11.9. The number of nitrogens with zero attached hydrogens (tertiary/aromatic N) is 2. The number of H-pyrrole nitrogens is 1. The summed E-state index contributed by atoms with van der Waals surface area (Å²) in [6.07, 6.45) is -1.07. The average molecular weight is 293 g/mol. The van der Waals surface area contributed by atoms with Gasteiger partial charge in [-0.25, -0.2) is 14.7 Å². The van der Waals surface area contributed by atoms with Gasteiger partial charge in [-0.1, -0.05) is 12.1 Å². The molecule has 0 fully saturated rings. The molecular weight excluding hydrogens is 274 g/mol. The van der Waals surface area contributed by atoms with Crippen molar-refractivity contribution in [3.05, 3.63) is 24.3 Å². The van der Waals surface area contributed by atoms with Crippen LogP contribution < -0.4 is 4.90 Å². The fourth-order valence-electron chi connectivity index (χ4n) is 1.88. The number of anilines is 1. The molecule has 0 aliphatic heterocycles. The van der Waals surface area contributed by atoms with Crippen LogP contribution in [0.25, 0.3) is 11.0 Å². The molecule has 1 amide bonds. The summed E-state index contributed by atoms with van der Waals surface area (Å²) in [5.74, 6) is 0.303. The van der Waals surface area contributed by atoms with E-state index in [4.69, 9.17) is 9.47 Å². The van der Waals surface area contributed by atoms with Gasteiger partial charge in [0.2, 0.25) is 5.95 Å². The van der Waals surface area contributed by atoms with Crippen molar-refractivity contribution >= 4 is 23.1 Å². The van der Waals surface area contributed by atoms with E-state index in [1.807, 2.05) is 31.2 Å². The number of imidazole rings is 1. The highest BCUT2D eigenvalue weighted by Gasteiger charge is 2.17. The summed E-state index contributed by atoms with van der Waals surface area (Å²) < 4.78 is 10.5. The van der Waals surface area contributed by atoms with Gasteiger partial charge in [0.05, 0.1) is 37.4 Å². The summed E-state index contributed by atoms with van der Waals surface area (Å²) in [6, 6.07) is 7.40. The van der Waals surface area contributed by atoms with Gasteiger partial charge in [0.25, 0.3) is 0 Å². The SMILES string of the molecule is CCOCCOCCN(C(=O)O)c1nc2ccccc2[nH]1. The van der Waals surface area contributed by atoms with E-state index in [0.29, 0.717) is 25.8 Å². The number of amides is 1. The second-order valence-corrected chi connectivity index (χ2v) is 4.32. The fourth-order valence-corrected chi connectivity index (χ4v) is 1.88. The lowest BCUT2D eigenvalue weighted by Crippen LogP contribution is -2.33. The molecule has 0 spiro atoms. The molecule has 0 saturated heterocycles. The summed E-state index contributed by atoms with van der Waals surface area (Å²) in [6.45, 7) is 4.00. The van der Waals surface area contributed by atoms with E-state index in [9.17, 15) is 9.90 Å². The quantitative estimate of drug-likeness (QED) is 0.728. The third kappa shape index (κ3) is 4.17. The molecule has 2 aromatic rings. The zero-order valence-corrected chi connectivity index (χ0v) is 11.9. The molecular formula is C14H19N3O4. The maximum Gasteiger partial charge on any atom is 0.414 e. The molecule has 21 heavy (non-hydrogen) atoms. The lowest BCUT2D eigenvalue weighted by molar-refractivity contribution is 0.0555. The molecule has 1 aromatic carbocycles. The van der Waals surface area contributed by atoms with Crippen molar-refractivity contribution < 1.29 is 19.4 Å². The van der Waals surface area contributed by atoms with Crippen molar-refractivity contribution in [3.8, 4) is 0 Å². The Balaban J connectivity index is 1.94. The largest absolute Gasteiger partial charge is 0.465 e. The molecule has 0 unspecified atom stereocenters. The van der Waals surface area contributed by atoms with Gasteiger partial charge in [0.1, 0.15) is 0 Å². The van der Waals surface area contributed by atoms with Gasteiger partial charge in [0, 0.05) is 6.61 Å². The number of aromatic amines is 1. The summed E-state index contributed by atoms with van der Waals surface area (Å²) >= 11 is 0. The van der Waals surface area contributed by atoms with Gasteiger partial charge in [-0.15, -0.1) is 0 Å². The van der Waals surface area contributed by atoms with Crippen LogP contribution in [0.1, 0.15) is 6.92 Å². The van der Waals surface area contributed by atoms with Gasteiger partial charge < -0.3 is 19.6 Å². The number of hydrogen-bond acceptors (Lipinski definition) is 4. The minimum atomic E-state index is -1.07. The standard InChI is InChI=1S/C14H19N3O4/c1-2-20-9-10-21-8-7-17(14(18)19)13-15-11-5-3-4-6-12(11)16-13/h3-6H,2,7-10H2,1H3,(H,15,16)(H,18,19). The molecule has 114 valence electrons. The lowest BCUT2D eigenvalue weighted by Gasteiger charge is -2.15. The molecule has 0 bridgehead atoms. The minimum Gasteiger partial charge on any atom is -0.465 e. The second-order valence-electron chi connectivity index (χ2n) is 4.32. The van der Waals surface area contributed by atoms with Gasteiger partial charge in [-0.3, -0.25) is 0 Å². The molecule has 1 aromatic heterocycles. The third-order valence-electron chi connectivity index (χ3n) is 2.90. The summed E-state index contributed by atoms with van der Waals surface area (Å²) in [5.41, 5.74) is 1.53. The predicted octanol–water partition coefficient (Wildman–Crippen LogP) is 2.10. The first-order valence-electron chi connectivity index (χ1n) is 6.83. The number of para-hydroxylation sites is 2. The van der Waals surface area contributed by atoms with Gasteiger partial charge in [-0.05, 0) is 19.1 Å². The molecule has 0 aliphatic rings. The minimum absolute atomic E-state index is 0.210. The molecule has 2 rings (SSSR count). The van der Waals surface area contributed by atoms with E-state index in [-0.39, 0.29) is 13.2 Å². The number of aromatic nitrogens is 2. The Kier molecular flexibility index (Phi) is 5.53. The van der Waals surface area contributed by atoms with Crippen LogP contribution in [0.5, 0.6) is 0 Å². The van der Waals surface area contributed by atoms with Crippen molar-refractivity contribution in [3.63, 3.8) is 0 Å². The number of hydrogen-bond donors (Lipinski definition) is 2. The van der Waals surface area contributed by atoms with Crippen molar-refractivity contribution in [1.29, 1.82) is 0 Å². The van der Waals surface area contributed by atoms with Crippen molar-refractivity contribution in [1.82, 2.24) is 9.97 Å². The van der Waals surface area contributed by atoms with Gasteiger partial charge in [0.15, 0.2) is 0 Å². The molecule has 1 heterocycles. The maximum absolute atomic E-state index is 11.3. The monoisotopic (exact) mass is 293 g/mol. The van der Waals surface area contributed by atoms with E-state index in [2.05, 4.69) is 9.97 Å². The summed E-state index contributed by atoms with van der Waals surface area (Å²) in [4.78, 5) is 19.7. The molecule has 2 N–H and O–H groups in total. The number of ether oxygens (including phenoxy) is 2. The van der Waals surface area contributed by atoms with Crippen LogP contribution in [0.3, 0.4) is 0 Å². The second kappa shape index (κ2) is 7.61. The van der Waals surface area contributed by atoms with E-state index in [1.165, 1.54) is 0 Å². The maximum atomic E-state index is 11.3. The predicted molar refractivity (Wildman–Crippen MR) is 78.8 cm³/mol. The van der Waals surface area contributed by atoms with Gasteiger partial charge in [-0.2, -0.15) is 0 Å². The van der Waals surface area contributed by atoms with Crippen molar-refractivity contribution in [2.45, 2.75) is 6.92 Å². The Morgan fingerprint density at radius 2 is 2.05 bits per heavy atom. The first-order chi connectivity index (χ1) is 10.2. The van der Waals surface area contributed by atoms with Gasteiger partial charge >= 0.3 is 6.09 Å². The normalized spacial score (nSPS) is 10.9. The lowest BCUT2D eigenvalue weighted by atomic mass is 10.3. The van der Waals surface area contributed by atoms with Crippen LogP contribution in [0.2, 0.25) is 0 Å². The summed E-state index contributed by atoms with van der Waals surface area (Å²) in [7, 11) is 0. The molecule has 0 saturated carbocycles. The Morgan fingerprint density at radius 3 is 2.76 bits per heavy atom. The number of carbonyl (C=O) groups is 1. The van der Waals surface area contributed by atoms with Crippen LogP contribution in [0.4, 0.5) is 10.7 Å². The van der Waals surface area contributed by atoms with Crippen LogP contribution in [-0.2, 0) is 9.47 Å². The number of carboxylic acid groups (broad SMARTS) is 1. The number of nitrogens with one attached hydrogen (secondary N) is 1. The molecule has 7 nitrogen and oxygen atoms in total. The molecule has 0 radical (unpaired) electrons. The first-order valence-corrected chi connectivity index (χ1v) is 6.83. The molecule has 7 heteroatoms. The average Bonchev–Trinajstić information content (AvgIpc) is 2.89. The molecule has 0 atom stereocenters. The van der Waals surface area contributed by atoms with Crippen molar-refractivity contribution in [2.24, 2.45) is 0 Å².